The van der Waals surface area contributed by atoms with Gasteiger partial charge in [0, 0.05) is 24.5 Å². The van der Waals surface area contributed by atoms with Crippen LogP contribution in [0.5, 0.6) is 0 Å². The molecule has 0 aliphatic heterocycles. The van der Waals surface area contributed by atoms with Crippen LogP contribution in [-0.2, 0) is 11.8 Å². The molecule has 0 spiro atoms. The minimum atomic E-state index is -0.434. The van der Waals surface area contributed by atoms with Crippen molar-refractivity contribution in [1.82, 2.24) is 29.8 Å². The zero-order valence-electron chi connectivity index (χ0n) is 21.5. The van der Waals surface area contributed by atoms with Crippen LogP contribution in [0.15, 0.2) is 30.5 Å². The average Bonchev–Trinajstić information content (AvgIpc) is 3.06. The normalized spacial score (nSPS) is 12.0. The Bertz CT molecular complexity index is 1470. The smallest absolute Gasteiger partial charge is 0.275 e. The maximum atomic E-state index is 12.9. The summed E-state index contributed by atoms with van der Waals surface area (Å²) in [6, 6.07) is 6.52. The summed E-state index contributed by atoms with van der Waals surface area (Å²) in [5.41, 5.74) is 6.45. The molecule has 0 aliphatic rings. The van der Waals surface area contributed by atoms with E-state index in [4.69, 9.17) is 4.98 Å². The number of aryl methyl sites for hydroxylation is 4. The Morgan fingerprint density at radius 3 is 2.31 bits per heavy atom. The third-order valence-electron chi connectivity index (χ3n) is 6.29. The number of nitrogens with one attached hydrogen (secondary N) is 3. The summed E-state index contributed by atoms with van der Waals surface area (Å²) in [6.45, 7) is 9.56. The molecule has 0 saturated carbocycles. The van der Waals surface area contributed by atoms with Crippen molar-refractivity contribution in [2.45, 2.75) is 40.7 Å². The Balaban J connectivity index is 1.85. The van der Waals surface area contributed by atoms with Gasteiger partial charge >= 0.3 is 0 Å². The van der Waals surface area contributed by atoms with E-state index in [9.17, 15) is 9.59 Å². The van der Waals surface area contributed by atoms with Crippen molar-refractivity contribution < 1.29 is 9.59 Å². The van der Waals surface area contributed by atoms with Crippen LogP contribution in [0.4, 0.5) is 11.6 Å². The van der Waals surface area contributed by atoms with E-state index in [1.165, 1.54) is 0 Å². The second kappa shape index (κ2) is 9.82. The Hall–Kier alpha value is -4.18. The van der Waals surface area contributed by atoms with Crippen molar-refractivity contribution in [2.24, 2.45) is 7.05 Å². The molecule has 3 N–H and O–H groups in total. The molecule has 0 aliphatic carbocycles. The molecule has 10 nitrogen and oxygen atoms in total. The van der Waals surface area contributed by atoms with Gasteiger partial charge in [-0.1, -0.05) is 6.07 Å². The Morgan fingerprint density at radius 1 is 0.972 bits per heavy atom. The van der Waals surface area contributed by atoms with Gasteiger partial charge in [0.2, 0.25) is 5.91 Å². The molecular weight excluding hydrogens is 456 g/mol. The molecule has 4 aromatic heterocycles. The van der Waals surface area contributed by atoms with E-state index in [1.807, 2.05) is 40.8 Å². The van der Waals surface area contributed by atoms with Gasteiger partial charge in [0.05, 0.1) is 22.8 Å². The zero-order chi connectivity index (χ0) is 26.1. The third-order valence-corrected chi connectivity index (χ3v) is 6.29. The lowest BCUT2D eigenvalue weighted by Crippen LogP contribution is -2.35. The van der Waals surface area contributed by atoms with E-state index < -0.39 is 11.9 Å². The van der Waals surface area contributed by atoms with Crippen molar-refractivity contribution in [3.63, 3.8) is 0 Å². The highest BCUT2D eigenvalue weighted by atomic mass is 16.2. The van der Waals surface area contributed by atoms with E-state index in [1.54, 1.807) is 38.4 Å². The minimum absolute atomic E-state index is 0.255. The van der Waals surface area contributed by atoms with Gasteiger partial charge in [-0.05, 0) is 71.0 Å². The molecule has 0 fully saturated rings. The first kappa shape index (κ1) is 24.9. The van der Waals surface area contributed by atoms with E-state index >= 15 is 0 Å². The number of carbonyl (C=O) groups is 2. The monoisotopic (exact) mass is 486 g/mol. The molecule has 0 aromatic carbocycles. The van der Waals surface area contributed by atoms with E-state index in [0.29, 0.717) is 22.9 Å². The Labute approximate surface area is 209 Å². The molecule has 0 saturated heterocycles. The summed E-state index contributed by atoms with van der Waals surface area (Å²) in [6.07, 6.45) is 1.63. The highest BCUT2D eigenvalue weighted by Gasteiger charge is 2.20. The standard InChI is InChI=1S/C26H30N8O2/c1-13-8-9-19(28-12-13)26(36)33-21-11-18(10-20(31-21)32-25(35)15(3)27-6)23-24-22(29-17(5)30-23)14(2)16(4)34(24)7/h8-12,15,27H,1-7H3,(H2,31,32,33,35,36). The van der Waals surface area contributed by atoms with Gasteiger partial charge < -0.3 is 20.5 Å². The van der Waals surface area contributed by atoms with Crippen molar-refractivity contribution in [2.75, 3.05) is 17.7 Å². The predicted octanol–water partition coefficient (Wildman–Crippen LogP) is 3.46. The molecule has 4 rings (SSSR count). The number of hydrogen-bond donors (Lipinski definition) is 3. The van der Waals surface area contributed by atoms with Gasteiger partial charge in [0.1, 0.15) is 23.2 Å². The summed E-state index contributed by atoms with van der Waals surface area (Å²) < 4.78 is 2.05. The van der Waals surface area contributed by atoms with Crippen LogP contribution >= 0.6 is 0 Å². The maximum Gasteiger partial charge on any atom is 0.275 e. The summed E-state index contributed by atoms with van der Waals surface area (Å²) in [7, 11) is 3.67. The van der Waals surface area contributed by atoms with E-state index in [0.717, 1.165) is 27.9 Å². The molecular formula is C26H30N8O2. The van der Waals surface area contributed by atoms with Crippen LogP contribution in [0.1, 0.15) is 40.1 Å². The van der Waals surface area contributed by atoms with Gasteiger partial charge in [0.15, 0.2) is 0 Å². The van der Waals surface area contributed by atoms with Gasteiger partial charge in [-0.2, -0.15) is 0 Å². The van der Waals surface area contributed by atoms with Crippen LogP contribution in [0.3, 0.4) is 0 Å². The van der Waals surface area contributed by atoms with Crippen LogP contribution in [0.25, 0.3) is 22.3 Å². The Morgan fingerprint density at radius 2 is 1.67 bits per heavy atom. The summed E-state index contributed by atoms with van der Waals surface area (Å²) >= 11 is 0. The minimum Gasteiger partial charge on any atom is -0.345 e. The van der Waals surface area contributed by atoms with Crippen LogP contribution in [0.2, 0.25) is 0 Å². The molecule has 2 amide bonds. The van der Waals surface area contributed by atoms with Crippen molar-refractivity contribution >= 4 is 34.5 Å². The third kappa shape index (κ3) is 4.80. The Kier molecular flexibility index (Phi) is 6.80. The number of hydrogen-bond acceptors (Lipinski definition) is 7. The number of amides is 2. The topological polar surface area (TPSA) is 127 Å². The predicted molar refractivity (Wildman–Crippen MR) is 140 cm³/mol. The lowest BCUT2D eigenvalue weighted by molar-refractivity contribution is -0.117. The number of aromatic nitrogens is 5. The fourth-order valence-corrected chi connectivity index (χ4v) is 3.88. The zero-order valence-corrected chi connectivity index (χ0v) is 21.5. The fourth-order valence-electron chi connectivity index (χ4n) is 3.88. The molecule has 10 heteroatoms. The molecule has 4 heterocycles. The average molecular weight is 487 g/mol. The lowest BCUT2D eigenvalue weighted by atomic mass is 10.1. The van der Waals surface area contributed by atoms with E-state index in [-0.39, 0.29) is 17.4 Å². The van der Waals surface area contributed by atoms with Crippen LogP contribution in [-0.4, -0.2) is 49.4 Å². The van der Waals surface area contributed by atoms with Gasteiger partial charge in [-0.15, -0.1) is 0 Å². The molecule has 1 unspecified atom stereocenters. The van der Waals surface area contributed by atoms with Crippen molar-refractivity contribution in [1.29, 1.82) is 0 Å². The molecule has 4 aromatic rings. The first-order valence-corrected chi connectivity index (χ1v) is 11.6. The number of rotatable bonds is 6. The molecule has 0 radical (unpaired) electrons. The molecule has 1 atom stereocenters. The first-order chi connectivity index (χ1) is 17.1. The number of pyridine rings is 2. The SMILES string of the molecule is CNC(C)C(=O)Nc1cc(-c2nc(C)nc3c(C)c(C)n(C)c23)cc(NC(=O)c2ccc(C)cn2)n1. The summed E-state index contributed by atoms with van der Waals surface area (Å²) in [5, 5.41) is 8.55. The number of nitrogens with zero attached hydrogens (tertiary/aromatic N) is 5. The number of anilines is 2. The van der Waals surface area contributed by atoms with Gasteiger partial charge in [0.25, 0.3) is 5.91 Å². The lowest BCUT2D eigenvalue weighted by Gasteiger charge is -2.14. The second-order valence-electron chi connectivity index (χ2n) is 8.89. The number of carbonyl (C=O) groups excluding carboxylic acids is 2. The molecule has 36 heavy (non-hydrogen) atoms. The number of fused-ring (bicyclic) bond motifs is 1. The van der Waals surface area contributed by atoms with Crippen LogP contribution in [0, 0.1) is 27.7 Å². The fraction of sp³-hybridized carbons (Fsp3) is 0.308. The summed E-state index contributed by atoms with van der Waals surface area (Å²) in [5.74, 6) is 0.509. The molecule has 186 valence electrons. The summed E-state index contributed by atoms with van der Waals surface area (Å²) in [4.78, 5) is 43.6. The van der Waals surface area contributed by atoms with Crippen LogP contribution < -0.4 is 16.0 Å². The van der Waals surface area contributed by atoms with Crippen molar-refractivity contribution in [3.8, 4) is 11.3 Å². The quantitative estimate of drug-likeness (QED) is 0.381. The highest BCUT2D eigenvalue weighted by molar-refractivity contribution is 6.03. The first-order valence-electron chi connectivity index (χ1n) is 11.6. The maximum absolute atomic E-state index is 12.9. The highest BCUT2D eigenvalue weighted by Crippen LogP contribution is 2.33. The van der Waals surface area contributed by atoms with Crippen molar-refractivity contribution in [3.05, 3.63) is 58.8 Å². The van der Waals surface area contributed by atoms with Gasteiger partial charge in [-0.3, -0.25) is 14.6 Å². The number of likely N-dealkylation sites (N-methyl/N-ethyl adjacent to an activating group) is 1. The van der Waals surface area contributed by atoms with Gasteiger partial charge in [-0.25, -0.2) is 15.0 Å². The second-order valence-corrected chi connectivity index (χ2v) is 8.89. The largest absolute Gasteiger partial charge is 0.345 e. The van der Waals surface area contributed by atoms with E-state index in [2.05, 4.69) is 35.5 Å². The molecule has 0 bridgehead atoms.